The Morgan fingerprint density at radius 2 is 1.67 bits per heavy atom. The average Bonchev–Trinajstić information content (AvgIpc) is 2.88. The van der Waals surface area contributed by atoms with E-state index in [-0.39, 0.29) is 45.3 Å². The zero-order chi connectivity index (χ0) is 28.3. The van der Waals surface area contributed by atoms with E-state index in [1.54, 1.807) is 24.3 Å². The number of carboxylic acids is 1. The summed E-state index contributed by atoms with van der Waals surface area (Å²) in [5, 5.41) is 15.8. The molecule has 210 valence electrons. The molecule has 8 nitrogen and oxygen atoms in total. The summed E-state index contributed by atoms with van der Waals surface area (Å²) in [6, 6.07) is 5.84. The smallest absolute Gasteiger partial charge is 0.326 e. The maximum Gasteiger partial charge on any atom is 0.326 e. The van der Waals surface area contributed by atoms with Crippen LogP contribution in [0.1, 0.15) is 68.8 Å². The van der Waals surface area contributed by atoms with Gasteiger partial charge >= 0.3 is 5.97 Å². The Morgan fingerprint density at radius 1 is 1.05 bits per heavy atom. The molecule has 39 heavy (non-hydrogen) atoms. The lowest BCUT2D eigenvalue weighted by Gasteiger charge is -2.51. The van der Waals surface area contributed by atoms with Gasteiger partial charge in [-0.2, -0.15) is 0 Å². The van der Waals surface area contributed by atoms with Gasteiger partial charge in [0.25, 0.3) is 5.91 Å². The van der Waals surface area contributed by atoms with Gasteiger partial charge in [-0.15, -0.1) is 0 Å². The number of anilines is 1. The average molecular weight is 576 g/mol. The van der Waals surface area contributed by atoms with Crippen LogP contribution in [0.4, 0.5) is 5.69 Å². The number of pyridine rings is 1. The molecule has 0 unspecified atom stereocenters. The van der Waals surface area contributed by atoms with Crippen LogP contribution in [0, 0.1) is 11.3 Å². The molecule has 1 saturated carbocycles. The molecule has 2 aliphatic heterocycles. The minimum absolute atomic E-state index is 0.124. The first kappa shape index (κ1) is 29.3. The summed E-state index contributed by atoms with van der Waals surface area (Å²) >= 11 is 12.1. The molecule has 3 heterocycles. The van der Waals surface area contributed by atoms with Crippen molar-refractivity contribution in [2.75, 3.05) is 11.9 Å². The van der Waals surface area contributed by atoms with Gasteiger partial charge in [0.15, 0.2) is 0 Å². The monoisotopic (exact) mass is 574 g/mol. The second-order valence-electron chi connectivity index (χ2n) is 11.8. The number of nitrogens with zero attached hydrogens (tertiary/aromatic N) is 2. The molecule has 1 aliphatic carbocycles. The lowest BCUT2D eigenvalue weighted by Crippen LogP contribution is -2.62. The Kier molecular flexibility index (Phi) is 9.19. The highest BCUT2D eigenvalue weighted by Gasteiger charge is 2.45. The van der Waals surface area contributed by atoms with E-state index in [9.17, 15) is 19.5 Å². The Hall–Kier alpha value is -2.68. The van der Waals surface area contributed by atoms with Crippen molar-refractivity contribution in [1.29, 1.82) is 0 Å². The SMILES string of the molecule is CC(C)(C)CCN1C2CCC(CC2)[C@H]1C(=O)N[C@@H](Cc1ccc(NC(=O)c2c(Cl)cncc2Cl)cc1)C(=O)O. The highest BCUT2D eigenvalue weighted by molar-refractivity contribution is 6.40. The normalized spacial score (nSPS) is 21.8. The number of fused-ring (bicyclic) bond motifs is 3. The second kappa shape index (κ2) is 12.2. The van der Waals surface area contributed by atoms with Crippen molar-refractivity contribution in [1.82, 2.24) is 15.2 Å². The standard InChI is InChI=1S/C29H36Cl2N4O4/c1-29(2,3)12-13-35-20-10-6-18(7-11-20)25(35)27(37)34-23(28(38)39)14-17-4-8-19(9-5-17)33-26(36)24-21(30)15-32-16-22(24)31/h4-5,8-9,15-16,18,20,23,25H,6-7,10-14H2,1-3H3,(H,33,36)(H,34,37)(H,38,39)/t18?,20?,23-,25-/m0/s1. The first-order chi connectivity index (χ1) is 18.4. The van der Waals surface area contributed by atoms with Gasteiger partial charge in [0, 0.05) is 30.5 Å². The minimum atomic E-state index is -1.08. The van der Waals surface area contributed by atoms with Crippen molar-refractivity contribution < 1.29 is 19.5 Å². The quantitative estimate of drug-likeness (QED) is 0.368. The maximum atomic E-state index is 13.5. The molecule has 1 aromatic heterocycles. The van der Waals surface area contributed by atoms with Gasteiger partial charge in [-0.3, -0.25) is 19.5 Å². The summed E-state index contributed by atoms with van der Waals surface area (Å²) in [7, 11) is 0. The first-order valence-electron chi connectivity index (χ1n) is 13.4. The molecule has 2 atom stereocenters. The molecule has 2 amide bonds. The number of halogens is 2. The molecule has 10 heteroatoms. The number of piperidine rings is 2. The lowest BCUT2D eigenvalue weighted by atomic mass is 9.73. The van der Waals surface area contributed by atoms with Crippen LogP contribution in [0.3, 0.4) is 0 Å². The number of nitrogens with one attached hydrogen (secondary N) is 2. The largest absolute Gasteiger partial charge is 0.480 e. The van der Waals surface area contributed by atoms with Crippen LogP contribution < -0.4 is 10.6 Å². The number of hydrogen-bond donors (Lipinski definition) is 3. The molecule has 2 aromatic rings. The van der Waals surface area contributed by atoms with Crippen molar-refractivity contribution in [3.63, 3.8) is 0 Å². The third kappa shape index (κ3) is 7.29. The number of carbonyl (C=O) groups excluding carboxylic acids is 2. The number of rotatable bonds is 9. The first-order valence-corrected chi connectivity index (χ1v) is 14.2. The highest BCUT2D eigenvalue weighted by Crippen LogP contribution is 2.40. The van der Waals surface area contributed by atoms with Gasteiger partial charge < -0.3 is 15.7 Å². The van der Waals surface area contributed by atoms with Crippen molar-refractivity contribution in [3.8, 4) is 0 Å². The van der Waals surface area contributed by atoms with Gasteiger partial charge in [0.05, 0.1) is 21.7 Å². The molecule has 5 rings (SSSR count). The zero-order valence-electron chi connectivity index (χ0n) is 22.5. The zero-order valence-corrected chi connectivity index (χ0v) is 24.1. The maximum absolute atomic E-state index is 13.5. The number of aliphatic carboxylic acids is 1. The molecular formula is C29H36Cl2N4O4. The van der Waals surface area contributed by atoms with Crippen molar-refractivity contribution in [2.24, 2.45) is 11.3 Å². The molecule has 3 aliphatic rings. The fourth-order valence-electron chi connectivity index (χ4n) is 5.64. The third-order valence-corrected chi connectivity index (χ3v) is 8.32. The topological polar surface area (TPSA) is 112 Å². The summed E-state index contributed by atoms with van der Waals surface area (Å²) in [4.78, 5) is 44.4. The predicted octanol–water partition coefficient (Wildman–Crippen LogP) is 5.43. The van der Waals surface area contributed by atoms with E-state index < -0.39 is 17.9 Å². The molecule has 3 N–H and O–H groups in total. The van der Waals surface area contributed by atoms with E-state index in [1.807, 2.05) is 0 Å². The Balaban J connectivity index is 1.41. The minimum Gasteiger partial charge on any atom is -0.480 e. The summed E-state index contributed by atoms with van der Waals surface area (Å²) in [5.41, 5.74) is 1.50. The van der Waals surface area contributed by atoms with E-state index in [4.69, 9.17) is 23.2 Å². The van der Waals surface area contributed by atoms with Gasteiger partial charge in [-0.25, -0.2) is 4.79 Å². The van der Waals surface area contributed by atoms with Crippen LogP contribution in [0.2, 0.25) is 10.0 Å². The second-order valence-corrected chi connectivity index (χ2v) is 12.6. The van der Waals surface area contributed by atoms with Crippen molar-refractivity contribution >= 4 is 46.7 Å². The van der Waals surface area contributed by atoms with E-state index in [0.29, 0.717) is 11.7 Å². The molecule has 0 radical (unpaired) electrons. The number of benzene rings is 1. The molecule has 2 saturated heterocycles. The van der Waals surface area contributed by atoms with Gasteiger partial charge in [-0.05, 0) is 67.7 Å². The van der Waals surface area contributed by atoms with Crippen LogP contribution in [-0.2, 0) is 16.0 Å². The van der Waals surface area contributed by atoms with Crippen molar-refractivity contribution in [3.05, 3.63) is 57.8 Å². The summed E-state index contributed by atoms with van der Waals surface area (Å²) < 4.78 is 0. The van der Waals surface area contributed by atoms with Crippen LogP contribution in [0.5, 0.6) is 0 Å². The molecular weight excluding hydrogens is 539 g/mol. The molecule has 3 fully saturated rings. The van der Waals surface area contributed by atoms with E-state index in [2.05, 4.69) is 41.3 Å². The van der Waals surface area contributed by atoms with E-state index >= 15 is 0 Å². The summed E-state index contributed by atoms with van der Waals surface area (Å²) in [5.74, 6) is -1.49. The van der Waals surface area contributed by atoms with Crippen LogP contribution in [0.15, 0.2) is 36.7 Å². The number of carboxylic acid groups (broad SMARTS) is 1. The van der Waals surface area contributed by atoms with Crippen LogP contribution >= 0.6 is 23.2 Å². The van der Waals surface area contributed by atoms with Gasteiger partial charge in [0.2, 0.25) is 5.91 Å². The van der Waals surface area contributed by atoms with Gasteiger partial charge in [0.1, 0.15) is 6.04 Å². The number of amides is 2. The highest BCUT2D eigenvalue weighted by atomic mass is 35.5. The van der Waals surface area contributed by atoms with Crippen molar-refractivity contribution in [2.45, 2.75) is 77.4 Å². The fraction of sp³-hybridized carbons (Fsp3) is 0.517. The lowest BCUT2D eigenvalue weighted by molar-refractivity contribution is -0.145. The number of aromatic nitrogens is 1. The Bertz CT molecular complexity index is 1190. The Morgan fingerprint density at radius 3 is 2.23 bits per heavy atom. The predicted molar refractivity (Wildman–Crippen MR) is 152 cm³/mol. The third-order valence-electron chi connectivity index (χ3n) is 7.75. The van der Waals surface area contributed by atoms with Crippen LogP contribution in [-0.4, -0.2) is 57.4 Å². The van der Waals surface area contributed by atoms with Gasteiger partial charge in [-0.1, -0.05) is 56.1 Å². The number of hydrogen-bond acceptors (Lipinski definition) is 5. The molecule has 1 aromatic carbocycles. The Labute approximate surface area is 239 Å². The summed E-state index contributed by atoms with van der Waals surface area (Å²) in [6.07, 6.45) is 8.00. The molecule has 0 spiro atoms. The fourth-order valence-corrected chi connectivity index (χ4v) is 6.17. The van der Waals surface area contributed by atoms with Crippen LogP contribution in [0.25, 0.3) is 0 Å². The molecule has 2 bridgehead atoms. The van der Waals surface area contributed by atoms with E-state index in [1.165, 1.54) is 12.4 Å². The summed E-state index contributed by atoms with van der Waals surface area (Å²) in [6.45, 7) is 7.43. The van der Waals surface area contributed by atoms with E-state index in [0.717, 1.165) is 44.2 Å². The number of carbonyl (C=O) groups is 3.